The lowest BCUT2D eigenvalue weighted by Gasteiger charge is -2.22. The normalized spacial score (nSPS) is 13.3. The summed E-state index contributed by atoms with van der Waals surface area (Å²) in [5, 5.41) is 2.82. The molecule has 0 aliphatic carbocycles. The highest BCUT2D eigenvalue weighted by Gasteiger charge is 2.30. The molecule has 0 saturated heterocycles. The fraction of sp³-hybridized carbons (Fsp3) is 0.278. The lowest BCUT2D eigenvalue weighted by Crippen LogP contribution is -2.33. The highest BCUT2D eigenvalue weighted by atomic mass is 35.5. The van der Waals surface area contributed by atoms with Crippen LogP contribution in [-0.2, 0) is 11.0 Å². The van der Waals surface area contributed by atoms with Crippen LogP contribution >= 0.6 is 11.6 Å². The molecule has 0 radical (unpaired) electrons. The summed E-state index contributed by atoms with van der Waals surface area (Å²) in [7, 11) is 3.69. The lowest BCUT2D eigenvalue weighted by molar-refractivity contribution is -0.137. The van der Waals surface area contributed by atoms with E-state index in [9.17, 15) is 18.0 Å². The average Bonchev–Trinajstić information content (AvgIpc) is 3.07. The number of furan rings is 1. The molecule has 2 aromatic rings. The van der Waals surface area contributed by atoms with Crippen molar-refractivity contribution in [1.29, 1.82) is 0 Å². The van der Waals surface area contributed by atoms with Crippen LogP contribution in [0.1, 0.15) is 22.9 Å². The Hall–Kier alpha value is -2.25. The van der Waals surface area contributed by atoms with Crippen LogP contribution in [-0.4, -0.2) is 31.4 Å². The third-order valence-corrected chi connectivity index (χ3v) is 4.05. The van der Waals surface area contributed by atoms with Crippen molar-refractivity contribution >= 4 is 23.6 Å². The number of rotatable bonds is 6. The van der Waals surface area contributed by atoms with Crippen LogP contribution in [0.15, 0.2) is 47.1 Å². The van der Waals surface area contributed by atoms with Crippen molar-refractivity contribution < 1.29 is 22.4 Å². The molecule has 0 spiro atoms. The number of amides is 1. The number of benzene rings is 1. The van der Waals surface area contributed by atoms with Crippen LogP contribution in [0.25, 0.3) is 6.08 Å². The zero-order chi connectivity index (χ0) is 19.3. The second kappa shape index (κ2) is 8.42. The minimum Gasteiger partial charge on any atom is -0.468 e. The molecule has 140 valence electrons. The Morgan fingerprint density at radius 1 is 1.35 bits per heavy atom. The van der Waals surface area contributed by atoms with E-state index in [4.69, 9.17) is 16.0 Å². The maximum atomic E-state index is 12.8. The second-order valence-corrected chi connectivity index (χ2v) is 6.21. The topological polar surface area (TPSA) is 45.5 Å². The van der Waals surface area contributed by atoms with Gasteiger partial charge in [-0.2, -0.15) is 13.2 Å². The van der Waals surface area contributed by atoms with Gasteiger partial charge in [-0.1, -0.05) is 11.6 Å². The van der Waals surface area contributed by atoms with E-state index in [2.05, 4.69) is 5.32 Å². The minimum absolute atomic E-state index is 0.117. The van der Waals surface area contributed by atoms with E-state index in [1.807, 2.05) is 19.0 Å². The number of carbonyl (C=O) groups is 1. The van der Waals surface area contributed by atoms with Gasteiger partial charge in [0.05, 0.1) is 17.9 Å². The zero-order valence-corrected chi connectivity index (χ0v) is 14.9. The maximum Gasteiger partial charge on any atom is 0.416 e. The number of halogens is 4. The molecule has 0 aliphatic rings. The van der Waals surface area contributed by atoms with Gasteiger partial charge < -0.3 is 9.73 Å². The number of alkyl halides is 3. The Balaban J connectivity index is 2.03. The molecule has 0 fully saturated rings. The molecule has 0 saturated carbocycles. The summed E-state index contributed by atoms with van der Waals surface area (Å²) in [4.78, 5) is 13.9. The van der Waals surface area contributed by atoms with Crippen molar-refractivity contribution in [1.82, 2.24) is 10.2 Å². The molecule has 1 N–H and O–H groups in total. The molecule has 1 atom stereocenters. The molecule has 4 nitrogen and oxygen atoms in total. The maximum absolute atomic E-state index is 12.8. The predicted octanol–water partition coefficient (Wildman–Crippen LogP) is 4.38. The van der Waals surface area contributed by atoms with E-state index in [1.165, 1.54) is 6.08 Å². The van der Waals surface area contributed by atoms with Gasteiger partial charge in [0.2, 0.25) is 5.91 Å². The number of nitrogens with zero attached hydrogens (tertiary/aromatic N) is 1. The Morgan fingerprint density at radius 3 is 2.65 bits per heavy atom. The zero-order valence-electron chi connectivity index (χ0n) is 14.2. The van der Waals surface area contributed by atoms with Crippen LogP contribution in [0.5, 0.6) is 0 Å². The van der Waals surface area contributed by atoms with Gasteiger partial charge >= 0.3 is 6.18 Å². The van der Waals surface area contributed by atoms with E-state index in [0.29, 0.717) is 5.76 Å². The van der Waals surface area contributed by atoms with Crippen LogP contribution in [0.2, 0.25) is 5.02 Å². The third kappa shape index (κ3) is 5.37. The van der Waals surface area contributed by atoms with Gasteiger partial charge in [-0.15, -0.1) is 0 Å². The molecule has 1 heterocycles. The first-order valence-corrected chi connectivity index (χ1v) is 8.09. The highest BCUT2D eigenvalue weighted by molar-refractivity contribution is 6.32. The Kier molecular flexibility index (Phi) is 6.50. The van der Waals surface area contributed by atoms with Gasteiger partial charge in [-0.25, -0.2) is 0 Å². The monoisotopic (exact) mass is 386 g/mol. The van der Waals surface area contributed by atoms with Gasteiger partial charge in [0.15, 0.2) is 0 Å². The fourth-order valence-corrected chi connectivity index (χ4v) is 2.47. The molecular formula is C18H18ClF3N2O2. The molecule has 8 heteroatoms. The molecular weight excluding hydrogens is 369 g/mol. The van der Waals surface area contributed by atoms with Crippen molar-refractivity contribution in [2.24, 2.45) is 0 Å². The molecule has 2 rings (SSSR count). The first-order valence-electron chi connectivity index (χ1n) is 7.71. The molecule has 26 heavy (non-hydrogen) atoms. The van der Waals surface area contributed by atoms with Crippen molar-refractivity contribution in [2.45, 2.75) is 12.2 Å². The summed E-state index contributed by atoms with van der Waals surface area (Å²) in [5.41, 5.74) is -0.709. The minimum atomic E-state index is -4.47. The predicted molar refractivity (Wildman–Crippen MR) is 93.6 cm³/mol. The first-order chi connectivity index (χ1) is 12.2. The Labute approximate surface area is 154 Å². The van der Waals surface area contributed by atoms with E-state index >= 15 is 0 Å². The number of carbonyl (C=O) groups excluding carboxylic acids is 1. The Morgan fingerprint density at radius 2 is 2.08 bits per heavy atom. The standard InChI is InChI=1S/C18H18ClF3N2O2/c1-24(2)15(16-4-3-9-26-16)11-23-17(25)8-5-12-10-13(18(20,21)22)6-7-14(12)19/h3-10,15H,11H2,1-2H3,(H,23,25). The molecule has 0 aliphatic heterocycles. The summed E-state index contributed by atoms with van der Waals surface area (Å²) >= 11 is 5.90. The van der Waals surface area contributed by atoms with Crippen molar-refractivity contribution in [3.8, 4) is 0 Å². The van der Waals surface area contributed by atoms with Gasteiger partial charge in [-0.05, 0) is 56.1 Å². The number of likely N-dealkylation sites (N-methyl/N-ethyl adjacent to an activating group) is 1. The Bertz CT molecular complexity index is 771. The van der Waals surface area contributed by atoms with Crippen molar-refractivity contribution in [3.05, 3.63) is 64.6 Å². The van der Waals surface area contributed by atoms with E-state index in [-0.39, 0.29) is 23.2 Å². The molecule has 1 aromatic carbocycles. The van der Waals surface area contributed by atoms with Gasteiger partial charge in [0.25, 0.3) is 0 Å². The quantitative estimate of drug-likeness (QED) is 0.749. The summed E-state index contributed by atoms with van der Waals surface area (Å²) in [5.74, 6) is 0.247. The van der Waals surface area contributed by atoms with Crippen LogP contribution in [0.3, 0.4) is 0 Å². The van der Waals surface area contributed by atoms with E-state index in [1.54, 1.807) is 18.4 Å². The first kappa shape index (κ1) is 20.1. The summed E-state index contributed by atoms with van der Waals surface area (Å²) in [6, 6.07) is 6.33. The highest BCUT2D eigenvalue weighted by Crippen LogP contribution is 2.32. The lowest BCUT2D eigenvalue weighted by atomic mass is 10.1. The van der Waals surface area contributed by atoms with E-state index < -0.39 is 17.6 Å². The number of nitrogens with one attached hydrogen (secondary N) is 1. The third-order valence-electron chi connectivity index (χ3n) is 3.70. The van der Waals surface area contributed by atoms with Crippen LogP contribution in [0.4, 0.5) is 13.2 Å². The fourth-order valence-electron chi connectivity index (χ4n) is 2.29. The van der Waals surface area contributed by atoms with Crippen molar-refractivity contribution in [2.75, 3.05) is 20.6 Å². The van der Waals surface area contributed by atoms with Gasteiger partial charge in [-0.3, -0.25) is 9.69 Å². The SMILES string of the molecule is CN(C)C(CNC(=O)C=Cc1cc(C(F)(F)F)ccc1Cl)c1ccco1. The van der Waals surface area contributed by atoms with Gasteiger partial charge in [0.1, 0.15) is 5.76 Å². The largest absolute Gasteiger partial charge is 0.468 e. The van der Waals surface area contributed by atoms with E-state index in [0.717, 1.165) is 24.3 Å². The summed E-state index contributed by atoms with van der Waals surface area (Å²) in [6.45, 7) is 0.278. The molecule has 1 aromatic heterocycles. The number of hydrogen-bond donors (Lipinski definition) is 1. The smallest absolute Gasteiger partial charge is 0.416 e. The van der Waals surface area contributed by atoms with Crippen molar-refractivity contribution in [3.63, 3.8) is 0 Å². The average molecular weight is 387 g/mol. The molecule has 1 unspecified atom stereocenters. The molecule has 0 bridgehead atoms. The summed E-state index contributed by atoms with van der Waals surface area (Å²) in [6.07, 6.45) is -0.526. The van der Waals surface area contributed by atoms with Crippen LogP contribution < -0.4 is 5.32 Å². The van der Waals surface area contributed by atoms with Gasteiger partial charge in [0, 0.05) is 17.6 Å². The molecule has 1 amide bonds. The van der Waals surface area contributed by atoms with Crippen LogP contribution in [0, 0.1) is 0 Å². The summed E-state index contributed by atoms with van der Waals surface area (Å²) < 4.78 is 43.6. The second-order valence-electron chi connectivity index (χ2n) is 5.81. The number of hydrogen-bond acceptors (Lipinski definition) is 3.